The second-order valence-corrected chi connectivity index (χ2v) is 10.8. The van der Waals surface area contributed by atoms with Gasteiger partial charge in [0, 0.05) is 52.4 Å². The van der Waals surface area contributed by atoms with Crippen LogP contribution in [0.1, 0.15) is 37.3 Å². The van der Waals surface area contributed by atoms with Crippen LogP contribution in [-0.2, 0) is 29.1 Å². The van der Waals surface area contributed by atoms with Crippen LogP contribution in [0.4, 0.5) is 5.82 Å². The first kappa shape index (κ1) is 31.9. The fourth-order valence-electron chi connectivity index (χ4n) is 5.08. The predicted molar refractivity (Wildman–Crippen MR) is 161 cm³/mol. The minimum Gasteiger partial charge on any atom is -0.481 e. The number of aliphatic hydroxyl groups is 1. The van der Waals surface area contributed by atoms with Crippen LogP contribution in [0.2, 0.25) is 0 Å². The number of nitrogens with zero attached hydrogens (tertiary/aromatic N) is 6. The number of carbonyl (C=O) groups is 2. The smallest absolute Gasteiger partial charge is 0.327 e. The number of aliphatic hydroxyl groups excluding tert-OH is 1. The molecule has 0 saturated carbocycles. The fraction of sp³-hybridized carbons (Fsp3) is 0.552. The Morgan fingerprint density at radius 2 is 1.74 bits per heavy atom. The van der Waals surface area contributed by atoms with Gasteiger partial charge in [-0.2, -0.15) is 9.97 Å². The number of aromatic amines is 1. The number of nitrogens with one attached hydrogen (secondary N) is 1. The van der Waals surface area contributed by atoms with Crippen LogP contribution in [0, 0.1) is 0 Å². The first-order chi connectivity index (χ1) is 20.8. The maximum Gasteiger partial charge on any atom is 0.327 e. The summed E-state index contributed by atoms with van der Waals surface area (Å²) >= 11 is 0. The van der Waals surface area contributed by atoms with Crippen LogP contribution >= 0.6 is 0 Å². The van der Waals surface area contributed by atoms with Crippen molar-refractivity contribution in [2.75, 3.05) is 64.8 Å². The monoisotopic (exact) mass is 598 g/mol. The van der Waals surface area contributed by atoms with Gasteiger partial charge in [-0.25, -0.2) is 4.79 Å². The number of ether oxygens (including phenoxy) is 1. The quantitative estimate of drug-likeness (QED) is 0.169. The maximum absolute atomic E-state index is 13.5. The first-order valence-corrected chi connectivity index (χ1v) is 14.8. The molecule has 1 saturated heterocycles. The van der Waals surface area contributed by atoms with Gasteiger partial charge < -0.3 is 30.6 Å². The van der Waals surface area contributed by atoms with E-state index in [2.05, 4.69) is 24.8 Å². The Hall–Kier alpha value is -4.01. The summed E-state index contributed by atoms with van der Waals surface area (Å²) in [4.78, 5) is 54.8. The molecule has 1 amide bonds. The predicted octanol–water partition coefficient (Wildman–Crippen LogP) is 0.537. The van der Waals surface area contributed by atoms with E-state index in [1.807, 2.05) is 19.1 Å². The third-order valence-corrected chi connectivity index (χ3v) is 7.51. The fourth-order valence-corrected chi connectivity index (χ4v) is 5.08. The SMILES string of the molecule is CCCCOc1nc(N)c2[nH]c(=O)n(CCCN(Cc3ccc(CC(=O)O)cc3)C(=O)CN3CCN(CCO)CC3)c2n1. The molecule has 234 valence electrons. The Balaban J connectivity index is 1.45. The molecule has 0 spiro atoms. The molecule has 0 bridgehead atoms. The number of rotatable bonds is 16. The molecule has 1 aliphatic heterocycles. The van der Waals surface area contributed by atoms with E-state index in [1.54, 1.807) is 17.0 Å². The Bertz CT molecular complexity index is 1410. The number of imidazole rings is 1. The molecule has 1 fully saturated rings. The average molecular weight is 599 g/mol. The lowest BCUT2D eigenvalue weighted by molar-refractivity contribution is -0.136. The Morgan fingerprint density at radius 1 is 1.05 bits per heavy atom. The summed E-state index contributed by atoms with van der Waals surface area (Å²) in [5.74, 6) is -0.799. The van der Waals surface area contributed by atoms with Crippen LogP contribution in [0.5, 0.6) is 6.01 Å². The highest BCUT2D eigenvalue weighted by atomic mass is 16.5. The third-order valence-electron chi connectivity index (χ3n) is 7.51. The summed E-state index contributed by atoms with van der Waals surface area (Å²) in [5.41, 5.74) is 7.99. The lowest BCUT2D eigenvalue weighted by Gasteiger charge is -2.35. The standard InChI is InChI=1S/C29H42N8O6/c1-2-3-17-43-28-32-26(30)25-27(33-28)37(29(42)31-25)10-4-9-36(19-22-7-5-21(6-8-22)18-24(40)41)23(39)20-35-13-11-34(12-14-35)15-16-38/h5-8,38H,2-4,9-20H2,1H3,(H,31,42)(H,40,41)(H2,30,32,33). The van der Waals surface area contributed by atoms with Gasteiger partial charge in [0.15, 0.2) is 11.5 Å². The molecular weight excluding hydrogens is 556 g/mol. The number of anilines is 1. The molecule has 0 atom stereocenters. The second-order valence-electron chi connectivity index (χ2n) is 10.8. The number of hydrogen-bond donors (Lipinski definition) is 4. The molecule has 0 unspecified atom stereocenters. The lowest BCUT2D eigenvalue weighted by Crippen LogP contribution is -2.50. The molecule has 2 aromatic heterocycles. The minimum absolute atomic E-state index is 0.0327. The molecule has 3 heterocycles. The summed E-state index contributed by atoms with van der Waals surface area (Å²) in [6.07, 6.45) is 2.21. The largest absolute Gasteiger partial charge is 0.481 e. The summed E-state index contributed by atoms with van der Waals surface area (Å²) in [6, 6.07) is 7.34. The van der Waals surface area contributed by atoms with Gasteiger partial charge in [0.05, 0.1) is 26.2 Å². The van der Waals surface area contributed by atoms with Crippen molar-refractivity contribution < 1.29 is 24.5 Å². The second kappa shape index (κ2) is 15.5. The molecule has 5 N–H and O–H groups in total. The van der Waals surface area contributed by atoms with E-state index >= 15 is 0 Å². The number of carbonyl (C=O) groups excluding carboxylic acids is 1. The van der Waals surface area contributed by atoms with E-state index in [9.17, 15) is 19.5 Å². The topological polar surface area (TPSA) is 183 Å². The van der Waals surface area contributed by atoms with Gasteiger partial charge in [0.2, 0.25) is 5.91 Å². The van der Waals surface area contributed by atoms with Crippen LogP contribution in [0.3, 0.4) is 0 Å². The van der Waals surface area contributed by atoms with Crippen molar-refractivity contribution in [3.63, 3.8) is 0 Å². The number of benzene rings is 1. The van der Waals surface area contributed by atoms with E-state index in [4.69, 9.17) is 15.6 Å². The number of fused-ring (bicyclic) bond motifs is 1. The molecule has 4 rings (SSSR count). The van der Waals surface area contributed by atoms with Crippen LogP contribution in [-0.4, -0.2) is 115 Å². The number of aliphatic carboxylic acids is 1. The lowest BCUT2D eigenvalue weighted by atomic mass is 10.1. The zero-order valence-corrected chi connectivity index (χ0v) is 24.7. The number of β-amino-alcohol motifs (C(OH)–C–C–N with tert-alkyl or cyclic N) is 1. The van der Waals surface area contributed by atoms with Crippen molar-refractivity contribution in [3.05, 3.63) is 45.9 Å². The molecule has 1 aliphatic rings. The Labute approximate surface area is 250 Å². The zero-order chi connectivity index (χ0) is 30.8. The Morgan fingerprint density at radius 3 is 2.42 bits per heavy atom. The number of carboxylic acids is 1. The van der Waals surface area contributed by atoms with E-state index in [-0.39, 0.29) is 43.0 Å². The first-order valence-electron chi connectivity index (χ1n) is 14.8. The molecule has 0 radical (unpaired) electrons. The number of nitrogen functional groups attached to an aromatic ring is 1. The number of H-pyrrole nitrogens is 1. The normalized spacial score (nSPS) is 14.3. The number of aromatic nitrogens is 4. The van der Waals surface area contributed by atoms with Gasteiger partial charge in [-0.15, -0.1) is 0 Å². The minimum atomic E-state index is -0.900. The van der Waals surface area contributed by atoms with Crippen LogP contribution in [0.25, 0.3) is 11.2 Å². The van der Waals surface area contributed by atoms with E-state index in [0.29, 0.717) is 55.9 Å². The molecule has 0 aliphatic carbocycles. The molecule has 43 heavy (non-hydrogen) atoms. The van der Waals surface area contributed by atoms with Crippen molar-refractivity contribution in [1.29, 1.82) is 0 Å². The van der Waals surface area contributed by atoms with E-state index in [0.717, 1.165) is 44.6 Å². The molecular formula is C29H42N8O6. The van der Waals surface area contributed by atoms with Crippen molar-refractivity contribution in [3.8, 4) is 6.01 Å². The highest BCUT2D eigenvalue weighted by Crippen LogP contribution is 2.18. The summed E-state index contributed by atoms with van der Waals surface area (Å²) < 4.78 is 7.11. The van der Waals surface area contributed by atoms with E-state index in [1.165, 1.54) is 4.57 Å². The van der Waals surface area contributed by atoms with Crippen molar-refractivity contribution >= 4 is 28.9 Å². The molecule has 14 nitrogen and oxygen atoms in total. The number of unbranched alkanes of at least 4 members (excludes halogenated alkanes) is 1. The van der Waals surface area contributed by atoms with Gasteiger partial charge in [0.25, 0.3) is 0 Å². The van der Waals surface area contributed by atoms with Crippen LogP contribution in [0.15, 0.2) is 29.1 Å². The summed E-state index contributed by atoms with van der Waals surface area (Å²) in [6.45, 7) is 7.58. The Kier molecular flexibility index (Phi) is 11.5. The van der Waals surface area contributed by atoms with Gasteiger partial charge in [-0.3, -0.25) is 24.0 Å². The number of hydrogen-bond acceptors (Lipinski definition) is 10. The number of carboxylic acid groups (broad SMARTS) is 1. The average Bonchev–Trinajstić information content (AvgIpc) is 3.30. The maximum atomic E-state index is 13.5. The summed E-state index contributed by atoms with van der Waals surface area (Å²) in [7, 11) is 0. The van der Waals surface area contributed by atoms with Gasteiger partial charge in [-0.1, -0.05) is 37.6 Å². The highest BCUT2D eigenvalue weighted by Gasteiger charge is 2.22. The van der Waals surface area contributed by atoms with E-state index < -0.39 is 5.97 Å². The molecule has 1 aromatic carbocycles. The van der Waals surface area contributed by atoms with Crippen molar-refractivity contribution in [2.24, 2.45) is 0 Å². The zero-order valence-electron chi connectivity index (χ0n) is 24.7. The number of nitrogens with two attached hydrogens (primary N) is 1. The van der Waals surface area contributed by atoms with Gasteiger partial charge in [0.1, 0.15) is 5.52 Å². The molecule has 3 aromatic rings. The third kappa shape index (κ3) is 8.99. The number of aryl methyl sites for hydroxylation is 1. The van der Waals surface area contributed by atoms with Crippen molar-refractivity contribution in [1.82, 2.24) is 34.2 Å². The van der Waals surface area contributed by atoms with Gasteiger partial charge in [-0.05, 0) is 24.0 Å². The molecule has 14 heteroatoms. The number of piperazine rings is 1. The van der Waals surface area contributed by atoms with Crippen LogP contribution < -0.4 is 16.2 Å². The van der Waals surface area contributed by atoms with Gasteiger partial charge >= 0.3 is 17.7 Å². The van der Waals surface area contributed by atoms with Crippen molar-refractivity contribution in [2.45, 2.75) is 45.7 Å². The number of amides is 1. The summed E-state index contributed by atoms with van der Waals surface area (Å²) in [5, 5.41) is 18.3. The highest BCUT2D eigenvalue weighted by molar-refractivity contribution is 5.82.